The van der Waals surface area contributed by atoms with Crippen LogP contribution in [0.5, 0.6) is 0 Å². The highest BCUT2D eigenvalue weighted by Gasteiger charge is 2.04. The van der Waals surface area contributed by atoms with Crippen LogP contribution in [0.15, 0.2) is 64.4 Å². The van der Waals surface area contributed by atoms with Gasteiger partial charge in [0.1, 0.15) is 0 Å². The fourth-order valence-electron chi connectivity index (χ4n) is 1.58. The van der Waals surface area contributed by atoms with E-state index in [0.717, 1.165) is 5.41 Å². The van der Waals surface area contributed by atoms with Crippen molar-refractivity contribution >= 4 is 28.0 Å². The molecule has 0 aromatic heterocycles. The summed E-state index contributed by atoms with van der Waals surface area (Å²) < 4.78 is 27.1. The summed E-state index contributed by atoms with van der Waals surface area (Å²) in [5.41, 5.74) is 1.15. The van der Waals surface area contributed by atoms with Crippen molar-refractivity contribution in [2.75, 3.05) is 0 Å². The predicted octanol–water partition coefficient (Wildman–Crippen LogP) is 3.01. The van der Waals surface area contributed by atoms with Crippen LogP contribution in [0.1, 0.15) is 11.1 Å². The van der Waals surface area contributed by atoms with Crippen LogP contribution in [0.2, 0.25) is 0 Å². The van der Waals surface area contributed by atoms with Crippen LogP contribution in [0, 0.1) is 10.1 Å². The van der Waals surface area contributed by atoms with E-state index in [1.807, 2.05) is 6.07 Å². The van der Waals surface area contributed by atoms with E-state index in [2.05, 4.69) is 4.40 Å². The van der Waals surface area contributed by atoms with Crippen molar-refractivity contribution < 1.29 is 13.3 Å². The van der Waals surface area contributed by atoms with Gasteiger partial charge in [-0.15, -0.1) is 0 Å². The van der Waals surface area contributed by atoms with Crippen molar-refractivity contribution in [1.29, 1.82) is 0 Å². The second-order valence-corrected chi connectivity index (χ2v) is 5.82. The number of non-ortho nitro benzene ring substituents is 1. The molecule has 0 amide bonds. The first-order valence-electron chi connectivity index (χ1n) is 6.24. The molecule has 0 saturated heterocycles. The van der Waals surface area contributed by atoms with Gasteiger partial charge in [-0.2, -0.15) is 12.8 Å². The number of hydrogen-bond acceptors (Lipinski definition) is 4. The zero-order valence-corrected chi connectivity index (χ0v) is 12.2. The summed E-state index contributed by atoms with van der Waals surface area (Å²) in [7, 11) is -3.75. The fourth-order valence-corrected chi connectivity index (χ4v) is 2.25. The Morgan fingerprint density at radius 3 is 2.18 bits per heavy atom. The first-order chi connectivity index (χ1) is 10.5. The number of nitro groups is 1. The number of benzene rings is 2. The van der Waals surface area contributed by atoms with Crippen molar-refractivity contribution in [2.45, 2.75) is 0 Å². The Balaban J connectivity index is 2.11. The summed E-state index contributed by atoms with van der Waals surface area (Å²) in [6.07, 6.45) is 2.59. The molecule has 0 heterocycles. The quantitative estimate of drug-likeness (QED) is 0.482. The van der Waals surface area contributed by atoms with Gasteiger partial charge >= 0.3 is 0 Å². The standard InChI is InChI=1S/C15H12N2O4S/c18-17(19)15-8-6-13(7-9-15)10-11-22(20,21)16-12-14-4-2-1-3-5-14/h1-12H/b11-10+,16-12?. The van der Waals surface area contributed by atoms with Gasteiger partial charge in [-0.1, -0.05) is 30.3 Å². The van der Waals surface area contributed by atoms with Crippen molar-refractivity contribution in [1.82, 2.24) is 0 Å². The molecule has 0 aliphatic heterocycles. The molecule has 0 bridgehead atoms. The van der Waals surface area contributed by atoms with Gasteiger partial charge in [0.15, 0.2) is 0 Å². The van der Waals surface area contributed by atoms with Crippen molar-refractivity contribution in [3.63, 3.8) is 0 Å². The van der Waals surface area contributed by atoms with Gasteiger partial charge in [0.2, 0.25) is 0 Å². The lowest BCUT2D eigenvalue weighted by molar-refractivity contribution is -0.384. The van der Waals surface area contributed by atoms with Gasteiger partial charge < -0.3 is 0 Å². The van der Waals surface area contributed by atoms with Gasteiger partial charge in [0, 0.05) is 18.3 Å². The Bertz CT molecular complexity index is 810. The maximum atomic E-state index is 11.8. The van der Waals surface area contributed by atoms with E-state index in [-0.39, 0.29) is 5.69 Å². The van der Waals surface area contributed by atoms with Gasteiger partial charge in [-0.05, 0) is 29.3 Å². The molecule has 0 fully saturated rings. The number of rotatable bonds is 5. The number of hydrogen-bond donors (Lipinski definition) is 0. The minimum absolute atomic E-state index is 0.0536. The lowest BCUT2D eigenvalue weighted by Crippen LogP contribution is -1.91. The van der Waals surface area contributed by atoms with Gasteiger partial charge in [-0.25, -0.2) is 0 Å². The molecule has 22 heavy (non-hydrogen) atoms. The van der Waals surface area contributed by atoms with Crippen molar-refractivity contribution in [2.24, 2.45) is 4.40 Å². The highest BCUT2D eigenvalue weighted by Crippen LogP contribution is 2.13. The van der Waals surface area contributed by atoms with Crippen molar-refractivity contribution in [3.05, 3.63) is 81.2 Å². The number of nitrogens with zero attached hydrogens (tertiary/aromatic N) is 2. The third kappa shape index (κ3) is 4.64. The molecule has 2 rings (SSSR count). The Morgan fingerprint density at radius 1 is 0.955 bits per heavy atom. The average Bonchev–Trinajstić information content (AvgIpc) is 2.53. The van der Waals surface area contributed by atoms with E-state index in [4.69, 9.17) is 0 Å². The summed E-state index contributed by atoms with van der Waals surface area (Å²) in [5, 5.41) is 11.5. The van der Waals surface area contributed by atoms with Gasteiger partial charge in [0.05, 0.1) is 10.3 Å². The van der Waals surface area contributed by atoms with Crippen LogP contribution in [0.4, 0.5) is 5.69 Å². The van der Waals surface area contributed by atoms with Gasteiger partial charge in [0.25, 0.3) is 15.7 Å². The summed E-state index contributed by atoms with van der Waals surface area (Å²) in [6, 6.07) is 14.4. The van der Waals surface area contributed by atoms with E-state index in [1.165, 1.54) is 36.6 Å². The Hall–Kier alpha value is -2.80. The lowest BCUT2D eigenvalue weighted by atomic mass is 10.2. The topological polar surface area (TPSA) is 89.6 Å². The van der Waals surface area contributed by atoms with E-state index in [0.29, 0.717) is 11.1 Å². The minimum Gasteiger partial charge on any atom is -0.258 e. The Labute approximate surface area is 127 Å². The molecule has 2 aromatic rings. The smallest absolute Gasteiger partial charge is 0.258 e. The highest BCUT2D eigenvalue weighted by atomic mass is 32.2. The van der Waals surface area contributed by atoms with Crippen LogP contribution in [-0.2, 0) is 10.0 Å². The fraction of sp³-hybridized carbons (Fsp3) is 0. The molecular formula is C15H12N2O4S. The zero-order valence-electron chi connectivity index (χ0n) is 11.4. The molecule has 0 radical (unpaired) electrons. The normalized spacial score (nSPS) is 12.0. The molecule has 2 aromatic carbocycles. The van der Waals surface area contributed by atoms with Crippen LogP contribution < -0.4 is 0 Å². The minimum atomic E-state index is -3.75. The van der Waals surface area contributed by atoms with E-state index < -0.39 is 14.9 Å². The Kier molecular flexibility index (Phi) is 4.80. The molecular weight excluding hydrogens is 304 g/mol. The molecule has 0 atom stereocenters. The van der Waals surface area contributed by atoms with E-state index in [9.17, 15) is 18.5 Å². The molecule has 0 aliphatic rings. The maximum absolute atomic E-state index is 11.8. The summed E-state index contributed by atoms with van der Waals surface area (Å²) in [5.74, 6) is 0. The number of sulfonamides is 1. The molecule has 7 heteroatoms. The van der Waals surface area contributed by atoms with Crippen LogP contribution >= 0.6 is 0 Å². The molecule has 0 aliphatic carbocycles. The SMILES string of the molecule is O=[N+]([O-])c1ccc(/C=C/S(=O)(=O)N=Cc2ccccc2)cc1. The highest BCUT2D eigenvalue weighted by molar-refractivity contribution is 7.93. The first-order valence-corrected chi connectivity index (χ1v) is 7.74. The lowest BCUT2D eigenvalue weighted by Gasteiger charge is -1.94. The summed E-state index contributed by atoms with van der Waals surface area (Å²) >= 11 is 0. The number of nitro benzene ring substituents is 1. The summed E-state index contributed by atoms with van der Waals surface area (Å²) in [6.45, 7) is 0. The van der Waals surface area contributed by atoms with Gasteiger partial charge in [-0.3, -0.25) is 10.1 Å². The predicted molar refractivity (Wildman–Crippen MR) is 85.1 cm³/mol. The third-order valence-electron chi connectivity index (χ3n) is 2.68. The zero-order chi connectivity index (χ0) is 16.0. The first kappa shape index (κ1) is 15.6. The molecule has 0 unspecified atom stereocenters. The summed E-state index contributed by atoms with van der Waals surface area (Å²) in [4.78, 5) is 10.0. The third-order valence-corrected chi connectivity index (χ3v) is 3.56. The van der Waals surface area contributed by atoms with Crippen LogP contribution in [0.3, 0.4) is 0 Å². The molecule has 0 spiro atoms. The monoisotopic (exact) mass is 316 g/mol. The Morgan fingerprint density at radius 2 is 1.59 bits per heavy atom. The second kappa shape index (κ2) is 6.77. The molecule has 0 saturated carbocycles. The largest absolute Gasteiger partial charge is 0.275 e. The molecule has 6 nitrogen and oxygen atoms in total. The second-order valence-electron chi connectivity index (χ2n) is 4.31. The molecule has 112 valence electrons. The van der Waals surface area contributed by atoms with Crippen LogP contribution in [-0.4, -0.2) is 19.6 Å². The van der Waals surface area contributed by atoms with E-state index >= 15 is 0 Å². The maximum Gasteiger partial charge on any atom is 0.275 e. The van der Waals surface area contributed by atoms with E-state index in [1.54, 1.807) is 24.3 Å². The van der Waals surface area contributed by atoms with Crippen LogP contribution in [0.25, 0.3) is 6.08 Å². The molecule has 0 N–H and O–H groups in total. The van der Waals surface area contributed by atoms with Crippen molar-refractivity contribution in [3.8, 4) is 0 Å². The average molecular weight is 316 g/mol.